The van der Waals surface area contributed by atoms with Crippen molar-refractivity contribution in [1.82, 2.24) is 8.87 Å². The van der Waals surface area contributed by atoms with Crippen LogP contribution in [0, 0.1) is 6.92 Å². The summed E-state index contributed by atoms with van der Waals surface area (Å²) in [5.41, 5.74) is 2.37. The number of aliphatic carboxylic acids is 1. The van der Waals surface area contributed by atoms with Crippen molar-refractivity contribution in [3.63, 3.8) is 0 Å². The van der Waals surface area contributed by atoms with Crippen molar-refractivity contribution in [3.05, 3.63) is 93.8 Å². The zero-order valence-electron chi connectivity index (χ0n) is 23.5. The Bertz CT molecular complexity index is 1790. The molecule has 5 rings (SSSR count). The van der Waals surface area contributed by atoms with Crippen LogP contribution in [0.4, 0.5) is 0 Å². The van der Waals surface area contributed by atoms with E-state index in [0.29, 0.717) is 29.5 Å². The van der Waals surface area contributed by atoms with E-state index in [9.17, 15) is 23.1 Å². The van der Waals surface area contributed by atoms with Gasteiger partial charge in [0.15, 0.2) is 10.8 Å². The molecule has 2 heterocycles. The molecular formula is C32H34N2O6S. The van der Waals surface area contributed by atoms with Gasteiger partial charge in [-0.3, -0.25) is 9.36 Å². The highest BCUT2D eigenvalue weighted by atomic mass is 32.2. The Labute approximate surface area is 239 Å². The van der Waals surface area contributed by atoms with Gasteiger partial charge in [0.25, 0.3) is 15.6 Å². The van der Waals surface area contributed by atoms with Gasteiger partial charge in [-0.1, -0.05) is 86.1 Å². The molecule has 1 aliphatic heterocycles. The smallest absolute Gasteiger partial charge is 0.328 e. The summed E-state index contributed by atoms with van der Waals surface area (Å²) in [6.07, 6.45) is 1.32. The predicted molar refractivity (Wildman–Crippen MR) is 159 cm³/mol. The molecule has 8 nitrogen and oxygen atoms in total. The maximum Gasteiger partial charge on any atom is 0.328 e. The molecule has 1 aliphatic rings. The first-order chi connectivity index (χ1) is 19.7. The van der Waals surface area contributed by atoms with Crippen molar-refractivity contribution in [2.75, 3.05) is 19.7 Å². The minimum Gasteiger partial charge on any atom is -0.488 e. The van der Waals surface area contributed by atoms with Crippen LogP contribution in [0.1, 0.15) is 49.4 Å². The minimum atomic E-state index is -4.24. The van der Waals surface area contributed by atoms with E-state index in [0.717, 1.165) is 26.5 Å². The van der Waals surface area contributed by atoms with E-state index in [1.165, 1.54) is 4.31 Å². The van der Waals surface area contributed by atoms with Crippen molar-refractivity contribution >= 4 is 26.8 Å². The molecule has 0 saturated carbocycles. The van der Waals surface area contributed by atoms with Gasteiger partial charge in [0.2, 0.25) is 0 Å². The van der Waals surface area contributed by atoms with Crippen molar-refractivity contribution in [3.8, 4) is 16.9 Å². The molecule has 1 unspecified atom stereocenters. The van der Waals surface area contributed by atoms with Gasteiger partial charge in [-0.2, -0.15) is 4.31 Å². The van der Waals surface area contributed by atoms with Crippen molar-refractivity contribution in [2.24, 2.45) is 0 Å². The number of nitrogens with zero attached hydrogens (tertiary/aromatic N) is 2. The molecule has 0 saturated heterocycles. The lowest BCUT2D eigenvalue weighted by molar-refractivity contribution is -0.141. The topological polar surface area (TPSA) is 106 Å². The van der Waals surface area contributed by atoms with E-state index in [4.69, 9.17) is 4.74 Å². The van der Waals surface area contributed by atoms with Gasteiger partial charge in [-0.15, -0.1) is 0 Å². The third kappa shape index (κ3) is 5.15. The molecule has 0 spiro atoms. The van der Waals surface area contributed by atoms with Crippen LogP contribution >= 0.6 is 0 Å². The van der Waals surface area contributed by atoms with E-state index in [1.54, 1.807) is 6.07 Å². The van der Waals surface area contributed by atoms with Crippen LogP contribution in [0.3, 0.4) is 0 Å². The van der Waals surface area contributed by atoms with Crippen LogP contribution in [0.2, 0.25) is 0 Å². The van der Waals surface area contributed by atoms with Gasteiger partial charge in [0.05, 0.1) is 6.61 Å². The Hall–Kier alpha value is -3.95. The SMILES string of the molecule is CCCOc1c(Cc2cccc3ccccc23)c(-c2cccc(C)c2)c2n(c1=O)C(C(=O)O)CN(CCC)S2(=O)=O. The standard InChI is InChI=1S/C32H34N2O6S/c1-4-16-33-20-27(32(36)37)34-30(35)29(40-17-5-2)26(19-23-13-9-12-22-11-6-7-15-25(22)23)28(31(34)41(33,38)39)24-14-8-10-21(3)18-24/h6-15,18,27H,4-5,16-17,19-20H2,1-3H3,(H,36,37). The molecule has 0 aliphatic carbocycles. The fraction of sp³-hybridized carbons (Fsp3) is 0.312. The number of benzene rings is 3. The number of aromatic nitrogens is 1. The highest BCUT2D eigenvalue weighted by Gasteiger charge is 2.44. The molecule has 41 heavy (non-hydrogen) atoms. The normalized spacial score (nSPS) is 16.4. The van der Waals surface area contributed by atoms with E-state index < -0.39 is 27.6 Å². The average Bonchev–Trinajstić information content (AvgIpc) is 2.94. The summed E-state index contributed by atoms with van der Waals surface area (Å²) in [5, 5.41) is 11.9. The van der Waals surface area contributed by atoms with Crippen LogP contribution in [-0.4, -0.2) is 48.1 Å². The average molecular weight is 575 g/mol. The number of rotatable bonds is 9. The molecule has 4 aromatic rings. The number of carboxylic acids is 1. The van der Waals surface area contributed by atoms with Gasteiger partial charge in [0, 0.05) is 30.6 Å². The van der Waals surface area contributed by atoms with Gasteiger partial charge >= 0.3 is 5.97 Å². The molecule has 214 valence electrons. The monoisotopic (exact) mass is 574 g/mol. The Morgan fingerprint density at radius 3 is 2.46 bits per heavy atom. The molecule has 9 heteroatoms. The Morgan fingerprint density at radius 1 is 1.02 bits per heavy atom. The molecule has 1 atom stereocenters. The lowest BCUT2D eigenvalue weighted by Gasteiger charge is -2.35. The number of aryl methyl sites for hydroxylation is 1. The lowest BCUT2D eigenvalue weighted by atomic mass is 9.92. The number of pyridine rings is 1. The van der Waals surface area contributed by atoms with Gasteiger partial charge in [-0.25, -0.2) is 13.2 Å². The number of ether oxygens (including phenoxy) is 1. The number of hydrogen-bond acceptors (Lipinski definition) is 5. The molecular weight excluding hydrogens is 540 g/mol. The first-order valence-electron chi connectivity index (χ1n) is 13.9. The maximum absolute atomic E-state index is 14.3. The molecule has 3 aromatic carbocycles. The van der Waals surface area contributed by atoms with E-state index >= 15 is 0 Å². The van der Waals surface area contributed by atoms with Gasteiger partial charge in [0.1, 0.15) is 6.04 Å². The quantitative estimate of drug-likeness (QED) is 0.287. The number of hydrogen-bond donors (Lipinski definition) is 1. The van der Waals surface area contributed by atoms with Crippen LogP contribution in [0.25, 0.3) is 21.9 Å². The Kier molecular flexibility index (Phi) is 8.02. The Morgan fingerprint density at radius 2 is 1.76 bits per heavy atom. The molecule has 0 bridgehead atoms. The zero-order chi connectivity index (χ0) is 29.3. The van der Waals surface area contributed by atoms with E-state index in [-0.39, 0.29) is 36.9 Å². The first-order valence-corrected chi connectivity index (χ1v) is 15.3. The largest absolute Gasteiger partial charge is 0.488 e. The van der Waals surface area contributed by atoms with E-state index in [1.807, 2.05) is 81.4 Å². The summed E-state index contributed by atoms with van der Waals surface area (Å²) in [5.74, 6) is -1.28. The van der Waals surface area contributed by atoms with Crippen LogP contribution in [-0.2, 0) is 21.2 Å². The second kappa shape index (κ2) is 11.5. The Balaban J connectivity index is 1.94. The minimum absolute atomic E-state index is 0.00886. The highest BCUT2D eigenvalue weighted by molar-refractivity contribution is 7.89. The summed E-state index contributed by atoms with van der Waals surface area (Å²) >= 11 is 0. The fourth-order valence-electron chi connectivity index (χ4n) is 5.63. The summed E-state index contributed by atoms with van der Waals surface area (Å²) in [6.45, 7) is 5.68. The number of carboxylic acid groups (broad SMARTS) is 1. The van der Waals surface area contributed by atoms with Gasteiger partial charge < -0.3 is 9.84 Å². The highest BCUT2D eigenvalue weighted by Crippen LogP contribution is 2.41. The summed E-state index contributed by atoms with van der Waals surface area (Å²) < 4.78 is 36.8. The maximum atomic E-state index is 14.3. The second-order valence-electron chi connectivity index (χ2n) is 10.4. The molecule has 1 aromatic heterocycles. The molecule has 0 radical (unpaired) electrons. The first kappa shape index (κ1) is 28.6. The van der Waals surface area contributed by atoms with Crippen molar-refractivity contribution in [2.45, 2.75) is 51.1 Å². The third-order valence-corrected chi connectivity index (χ3v) is 9.36. The van der Waals surface area contributed by atoms with Crippen LogP contribution < -0.4 is 10.3 Å². The summed E-state index contributed by atoms with van der Waals surface area (Å²) in [6, 6.07) is 19.8. The number of carbonyl (C=O) groups is 1. The number of sulfonamides is 1. The second-order valence-corrected chi connectivity index (χ2v) is 12.3. The molecule has 0 fully saturated rings. The van der Waals surface area contributed by atoms with Crippen molar-refractivity contribution in [1.29, 1.82) is 0 Å². The van der Waals surface area contributed by atoms with Gasteiger partial charge in [-0.05, 0) is 41.7 Å². The fourth-order valence-corrected chi connectivity index (χ4v) is 7.59. The summed E-state index contributed by atoms with van der Waals surface area (Å²) in [4.78, 5) is 26.8. The summed E-state index contributed by atoms with van der Waals surface area (Å²) in [7, 11) is -4.24. The molecule has 0 amide bonds. The zero-order valence-corrected chi connectivity index (χ0v) is 24.3. The number of fused-ring (bicyclic) bond motifs is 2. The third-order valence-electron chi connectivity index (χ3n) is 7.46. The van der Waals surface area contributed by atoms with E-state index in [2.05, 4.69) is 0 Å². The lowest BCUT2D eigenvalue weighted by Crippen LogP contribution is -2.50. The van der Waals surface area contributed by atoms with Crippen LogP contribution in [0.15, 0.2) is 76.6 Å². The van der Waals surface area contributed by atoms with Crippen molar-refractivity contribution < 1.29 is 23.1 Å². The van der Waals surface area contributed by atoms with Crippen LogP contribution in [0.5, 0.6) is 5.75 Å². The molecule has 1 N–H and O–H groups in total. The predicted octanol–water partition coefficient (Wildman–Crippen LogP) is 5.40.